The van der Waals surface area contributed by atoms with Gasteiger partial charge in [0.1, 0.15) is 23.7 Å². The van der Waals surface area contributed by atoms with Crippen molar-refractivity contribution in [2.45, 2.75) is 39.9 Å². The summed E-state index contributed by atoms with van der Waals surface area (Å²) in [5.74, 6) is 0.480. The minimum Gasteiger partial charge on any atom is -0.488 e. The number of benzene rings is 3. The molecule has 0 fully saturated rings. The third kappa shape index (κ3) is 5.69. The topological polar surface area (TPSA) is 74.3 Å². The summed E-state index contributed by atoms with van der Waals surface area (Å²) in [5, 5.41) is 0. The third-order valence-electron chi connectivity index (χ3n) is 5.65. The molecule has 0 spiro atoms. The van der Waals surface area contributed by atoms with Crippen LogP contribution < -0.4 is 14.4 Å². The largest absolute Gasteiger partial charge is 0.488 e. The molecule has 36 heavy (non-hydrogen) atoms. The summed E-state index contributed by atoms with van der Waals surface area (Å²) in [6.45, 7) is 8.63. The van der Waals surface area contributed by atoms with Crippen LogP contribution in [0, 0.1) is 6.92 Å². The predicted molar refractivity (Wildman–Crippen MR) is 137 cm³/mol. The van der Waals surface area contributed by atoms with Crippen molar-refractivity contribution >= 4 is 17.6 Å². The quantitative estimate of drug-likeness (QED) is 0.383. The molecule has 7 heteroatoms. The van der Waals surface area contributed by atoms with Crippen LogP contribution in [0.2, 0.25) is 0 Å². The van der Waals surface area contributed by atoms with Gasteiger partial charge in [0.05, 0.1) is 30.6 Å². The molecule has 188 valence electrons. The van der Waals surface area contributed by atoms with Gasteiger partial charge in [-0.15, -0.1) is 0 Å². The number of carbonyl (C=O) groups excluding carboxylic acids is 2. The lowest BCUT2D eigenvalue weighted by Crippen LogP contribution is -2.35. The molecule has 0 saturated carbocycles. The Kier molecular flexibility index (Phi) is 7.31. The summed E-state index contributed by atoms with van der Waals surface area (Å²) >= 11 is 0. The van der Waals surface area contributed by atoms with Crippen molar-refractivity contribution in [1.29, 1.82) is 0 Å². The number of amides is 1. The van der Waals surface area contributed by atoms with Crippen molar-refractivity contribution in [3.63, 3.8) is 0 Å². The SMILES string of the molecule is COC(=O)c1ccc2c(c1)N(CCOC(C)(C)C)C(=O)c1c(OCc3ccccc3)cc(C)cc1O2. The third-order valence-corrected chi connectivity index (χ3v) is 5.65. The van der Waals surface area contributed by atoms with Gasteiger partial charge in [-0.05, 0) is 69.2 Å². The van der Waals surface area contributed by atoms with Gasteiger partial charge in [-0.2, -0.15) is 0 Å². The first-order chi connectivity index (χ1) is 17.2. The number of hydrogen-bond donors (Lipinski definition) is 0. The molecule has 3 aromatic carbocycles. The second-order valence-electron chi connectivity index (χ2n) is 9.60. The zero-order valence-electron chi connectivity index (χ0n) is 21.3. The maximum Gasteiger partial charge on any atom is 0.337 e. The molecule has 1 aliphatic heterocycles. The fourth-order valence-electron chi connectivity index (χ4n) is 3.95. The van der Waals surface area contributed by atoms with E-state index in [0.717, 1.165) is 11.1 Å². The highest BCUT2D eigenvalue weighted by Gasteiger charge is 2.32. The van der Waals surface area contributed by atoms with Crippen LogP contribution in [0.1, 0.15) is 52.6 Å². The van der Waals surface area contributed by atoms with Crippen LogP contribution in [0.5, 0.6) is 17.2 Å². The molecule has 0 aromatic heterocycles. The standard InChI is InChI=1S/C29H31NO6/c1-19-15-24(34-18-20-9-7-6-8-10-20)26-25(16-19)36-23-12-11-21(28(32)33-5)17-22(23)30(27(26)31)13-14-35-29(2,3)4/h6-12,15-17H,13-14,18H2,1-5H3. The molecular weight excluding hydrogens is 458 g/mol. The van der Waals surface area contributed by atoms with Gasteiger partial charge in [0.2, 0.25) is 0 Å². The highest BCUT2D eigenvalue weighted by atomic mass is 16.5. The fraction of sp³-hybridized carbons (Fsp3) is 0.310. The second kappa shape index (κ2) is 10.4. The van der Waals surface area contributed by atoms with Gasteiger partial charge in [-0.3, -0.25) is 4.79 Å². The van der Waals surface area contributed by atoms with Crippen molar-refractivity contribution in [3.8, 4) is 17.2 Å². The molecule has 1 aliphatic rings. The van der Waals surface area contributed by atoms with E-state index >= 15 is 0 Å². The first-order valence-electron chi connectivity index (χ1n) is 11.8. The molecule has 1 heterocycles. The molecule has 4 rings (SSSR count). The smallest absolute Gasteiger partial charge is 0.337 e. The zero-order valence-corrected chi connectivity index (χ0v) is 21.3. The average Bonchev–Trinajstić information content (AvgIpc) is 2.95. The van der Waals surface area contributed by atoms with Crippen LogP contribution in [-0.2, 0) is 16.1 Å². The minimum atomic E-state index is -0.499. The van der Waals surface area contributed by atoms with Crippen LogP contribution >= 0.6 is 0 Å². The summed E-state index contributed by atoms with van der Waals surface area (Å²) < 4.78 is 23.2. The van der Waals surface area contributed by atoms with Gasteiger partial charge in [-0.1, -0.05) is 30.3 Å². The van der Waals surface area contributed by atoms with Crippen LogP contribution in [0.3, 0.4) is 0 Å². The van der Waals surface area contributed by atoms with E-state index in [1.807, 2.05) is 70.2 Å². The monoisotopic (exact) mass is 489 g/mol. The number of rotatable bonds is 7. The van der Waals surface area contributed by atoms with Crippen molar-refractivity contribution in [3.05, 3.63) is 82.9 Å². The summed E-state index contributed by atoms with van der Waals surface area (Å²) in [4.78, 5) is 27.9. The number of ether oxygens (including phenoxy) is 4. The van der Waals surface area contributed by atoms with E-state index in [4.69, 9.17) is 18.9 Å². The molecular formula is C29H31NO6. The molecule has 7 nitrogen and oxygen atoms in total. The lowest BCUT2D eigenvalue weighted by molar-refractivity contribution is 0.00136. The first-order valence-corrected chi connectivity index (χ1v) is 11.8. The van der Waals surface area contributed by atoms with Gasteiger partial charge < -0.3 is 23.8 Å². The molecule has 0 unspecified atom stereocenters. The minimum absolute atomic E-state index is 0.253. The maximum atomic E-state index is 14.0. The molecule has 0 saturated heterocycles. The van der Waals surface area contributed by atoms with E-state index in [2.05, 4.69) is 0 Å². The number of aryl methyl sites for hydroxylation is 1. The maximum absolute atomic E-state index is 14.0. The summed E-state index contributed by atoms with van der Waals surface area (Å²) in [6.07, 6.45) is 0. The highest BCUT2D eigenvalue weighted by molar-refractivity contribution is 6.12. The summed E-state index contributed by atoms with van der Waals surface area (Å²) in [7, 11) is 1.32. The fourth-order valence-corrected chi connectivity index (χ4v) is 3.95. The van der Waals surface area contributed by atoms with E-state index < -0.39 is 5.97 Å². The Morgan fingerprint density at radius 2 is 1.75 bits per heavy atom. The summed E-state index contributed by atoms with van der Waals surface area (Å²) in [5.41, 5.74) is 2.60. The van der Waals surface area contributed by atoms with Crippen LogP contribution in [-0.4, -0.2) is 37.7 Å². The highest BCUT2D eigenvalue weighted by Crippen LogP contribution is 2.43. The Labute approximate surface area is 211 Å². The zero-order chi connectivity index (χ0) is 25.9. The molecule has 0 N–H and O–H groups in total. The van der Waals surface area contributed by atoms with E-state index in [1.165, 1.54) is 7.11 Å². The van der Waals surface area contributed by atoms with Crippen molar-refractivity contribution in [2.75, 3.05) is 25.2 Å². The Balaban J connectivity index is 1.76. The molecule has 0 bridgehead atoms. The first kappa shape index (κ1) is 25.3. The lowest BCUT2D eigenvalue weighted by Gasteiger charge is -2.26. The molecule has 0 radical (unpaired) electrons. The van der Waals surface area contributed by atoms with E-state index in [1.54, 1.807) is 23.1 Å². The van der Waals surface area contributed by atoms with Crippen LogP contribution in [0.15, 0.2) is 60.7 Å². The number of carbonyl (C=O) groups is 2. The number of anilines is 1. The van der Waals surface area contributed by atoms with Gasteiger partial charge in [0.15, 0.2) is 5.75 Å². The molecule has 1 amide bonds. The lowest BCUT2D eigenvalue weighted by atomic mass is 10.1. The Morgan fingerprint density at radius 1 is 1.00 bits per heavy atom. The summed E-state index contributed by atoms with van der Waals surface area (Å²) in [6, 6.07) is 18.3. The Hall–Kier alpha value is -3.84. The Bertz CT molecular complexity index is 1260. The second-order valence-corrected chi connectivity index (χ2v) is 9.60. The van der Waals surface area contributed by atoms with E-state index in [0.29, 0.717) is 47.3 Å². The number of fused-ring (bicyclic) bond motifs is 2. The molecule has 0 aliphatic carbocycles. The van der Waals surface area contributed by atoms with Gasteiger partial charge >= 0.3 is 5.97 Å². The van der Waals surface area contributed by atoms with Gasteiger partial charge in [-0.25, -0.2) is 4.79 Å². The normalized spacial score (nSPS) is 12.8. The number of hydrogen-bond acceptors (Lipinski definition) is 6. The van der Waals surface area contributed by atoms with Crippen LogP contribution in [0.25, 0.3) is 0 Å². The predicted octanol–water partition coefficient (Wildman–Crippen LogP) is 5.93. The number of esters is 1. The van der Waals surface area contributed by atoms with Crippen molar-refractivity contribution in [1.82, 2.24) is 0 Å². The van der Waals surface area contributed by atoms with Gasteiger partial charge in [0, 0.05) is 6.54 Å². The van der Waals surface area contributed by atoms with Crippen molar-refractivity contribution in [2.24, 2.45) is 0 Å². The Morgan fingerprint density at radius 3 is 2.44 bits per heavy atom. The van der Waals surface area contributed by atoms with Crippen molar-refractivity contribution < 1.29 is 28.5 Å². The average molecular weight is 490 g/mol. The van der Waals surface area contributed by atoms with E-state index in [-0.39, 0.29) is 18.1 Å². The molecule has 0 atom stereocenters. The number of nitrogens with zero attached hydrogens (tertiary/aromatic N) is 1. The molecule has 3 aromatic rings. The van der Waals surface area contributed by atoms with Crippen LogP contribution in [0.4, 0.5) is 5.69 Å². The number of methoxy groups -OCH3 is 1. The van der Waals surface area contributed by atoms with Gasteiger partial charge in [0.25, 0.3) is 5.91 Å². The van der Waals surface area contributed by atoms with E-state index in [9.17, 15) is 9.59 Å².